The van der Waals surface area contributed by atoms with Crippen LogP contribution in [0.25, 0.3) is 16.9 Å². The van der Waals surface area contributed by atoms with Gasteiger partial charge in [-0.05, 0) is 6.92 Å². The lowest BCUT2D eigenvalue weighted by atomic mass is 10.1. The molecule has 21 heavy (non-hydrogen) atoms. The SMILES string of the molecule is CCOC(=O)c1cnn2c(N)cc(-c3ccccc3)nc12. The second kappa shape index (κ2) is 5.24. The molecule has 0 radical (unpaired) electrons. The van der Waals surface area contributed by atoms with Crippen LogP contribution in [0.3, 0.4) is 0 Å². The van der Waals surface area contributed by atoms with Crippen molar-refractivity contribution in [3.05, 3.63) is 48.2 Å². The molecular formula is C15H14N4O2. The fourth-order valence-corrected chi connectivity index (χ4v) is 2.10. The third-order valence-electron chi connectivity index (χ3n) is 3.06. The predicted octanol–water partition coefficient (Wildman–Crippen LogP) is 2.16. The standard InChI is InChI=1S/C15H14N4O2/c1-2-21-15(20)11-9-17-19-13(16)8-12(18-14(11)19)10-6-4-3-5-7-10/h3-9H,2,16H2,1H3. The highest BCUT2D eigenvalue weighted by molar-refractivity contribution is 5.96. The van der Waals surface area contributed by atoms with Gasteiger partial charge in [-0.3, -0.25) is 0 Å². The zero-order valence-corrected chi connectivity index (χ0v) is 11.5. The molecule has 106 valence electrons. The predicted molar refractivity (Wildman–Crippen MR) is 78.8 cm³/mol. The minimum absolute atomic E-state index is 0.296. The lowest BCUT2D eigenvalue weighted by Gasteiger charge is -2.05. The average molecular weight is 282 g/mol. The molecule has 0 atom stereocenters. The van der Waals surface area contributed by atoms with Gasteiger partial charge in [-0.2, -0.15) is 9.61 Å². The molecule has 0 spiro atoms. The van der Waals surface area contributed by atoms with Crippen molar-refractivity contribution >= 4 is 17.4 Å². The van der Waals surface area contributed by atoms with Gasteiger partial charge in [0, 0.05) is 11.6 Å². The highest BCUT2D eigenvalue weighted by Crippen LogP contribution is 2.22. The van der Waals surface area contributed by atoms with E-state index in [1.165, 1.54) is 10.7 Å². The quantitative estimate of drug-likeness (QED) is 0.744. The van der Waals surface area contributed by atoms with E-state index in [1.54, 1.807) is 13.0 Å². The van der Waals surface area contributed by atoms with Crippen LogP contribution in [0.2, 0.25) is 0 Å². The molecule has 3 rings (SSSR count). The molecule has 0 aliphatic rings. The number of nitrogen functional groups attached to an aromatic ring is 1. The maximum atomic E-state index is 11.9. The van der Waals surface area contributed by atoms with E-state index in [1.807, 2.05) is 30.3 Å². The van der Waals surface area contributed by atoms with E-state index in [9.17, 15) is 4.79 Å². The molecule has 0 unspecified atom stereocenters. The lowest BCUT2D eigenvalue weighted by molar-refractivity contribution is 0.0528. The van der Waals surface area contributed by atoms with Gasteiger partial charge in [-0.15, -0.1) is 0 Å². The number of anilines is 1. The summed E-state index contributed by atoms with van der Waals surface area (Å²) >= 11 is 0. The summed E-state index contributed by atoms with van der Waals surface area (Å²) in [5.74, 6) is -0.0426. The van der Waals surface area contributed by atoms with Crippen LogP contribution in [0.15, 0.2) is 42.6 Å². The van der Waals surface area contributed by atoms with E-state index in [0.717, 1.165) is 5.56 Å². The Labute approximate surface area is 121 Å². The number of ether oxygens (including phenoxy) is 1. The number of carbonyl (C=O) groups excluding carboxylic acids is 1. The van der Waals surface area contributed by atoms with E-state index in [-0.39, 0.29) is 0 Å². The Morgan fingerprint density at radius 3 is 2.81 bits per heavy atom. The van der Waals surface area contributed by atoms with Crippen molar-refractivity contribution in [3.8, 4) is 11.3 Å². The zero-order chi connectivity index (χ0) is 14.8. The number of rotatable bonds is 3. The highest BCUT2D eigenvalue weighted by Gasteiger charge is 2.17. The van der Waals surface area contributed by atoms with Crippen molar-refractivity contribution in [2.24, 2.45) is 0 Å². The van der Waals surface area contributed by atoms with E-state index in [0.29, 0.717) is 29.3 Å². The first-order valence-electron chi connectivity index (χ1n) is 6.57. The van der Waals surface area contributed by atoms with Crippen LogP contribution >= 0.6 is 0 Å². The minimum atomic E-state index is -0.454. The lowest BCUT2D eigenvalue weighted by Crippen LogP contribution is -2.06. The van der Waals surface area contributed by atoms with Gasteiger partial charge in [0.1, 0.15) is 11.4 Å². The Morgan fingerprint density at radius 1 is 1.33 bits per heavy atom. The first kappa shape index (κ1) is 13.1. The van der Waals surface area contributed by atoms with Crippen LogP contribution in [-0.4, -0.2) is 27.2 Å². The van der Waals surface area contributed by atoms with Crippen molar-refractivity contribution in [3.63, 3.8) is 0 Å². The van der Waals surface area contributed by atoms with Crippen molar-refractivity contribution in [1.82, 2.24) is 14.6 Å². The maximum absolute atomic E-state index is 11.9. The number of esters is 1. The molecule has 0 amide bonds. The summed E-state index contributed by atoms with van der Waals surface area (Å²) in [7, 11) is 0. The number of nitrogens with two attached hydrogens (primary N) is 1. The van der Waals surface area contributed by atoms with Gasteiger partial charge in [0.25, 0.3) is 0 Å². The number of hydrogen-bond acceptors (Lipinski definition) is 5. The Balaban J connectivity index is 2.17. The van der Waals surface area contributed by atoms with Crippen molar-refractivity contribution in [1.29, 1.82) is 0 Å². The summed E-state index contributed by atoms with van der Waals surface area (Å²) in [4.78, 5) is 16.4. The smallest absolute Gasteiger partial charge is 0.343 e. The zero-order valence-electron chi connectivity index (χ0n) is 11.5. The van der Waals surface area contributed by atoms with Gasteiger partial charge in [-0.1, -0.05) is 30.3 Å². The van der Waals surface area contributed by atoms with Gasteiger partial charge in [0.15, 0.2) is 5.65 Å². The molecule has 2 N–H and O–H groups in total. The fourth-order valence-electron chi connectivity index (χ4n) is 2.10. The van der Waals surface area contributed by atoms with Crippen LogP contribution in [-0.2, 0) is 4.74 Å². The van der Waals surface area contributed by atoms with E-state index < -0.39 is 5.97 Å². The monoisotopic (exact) mass is 282 g/mol. The van der Waals surface area contributed by atoms with E-state index in [2.05, 4.69) is 10.1 Å². The summed E-state index contributed by atoms with van der Waals surface area (Å²) in [5, 5.41) is 4.08. The molecule has 3 aromatic rings. The molecule has 0 saturated heterocycles. The van der Waals surface area contributed by atoms with Crippen LogP contribution in [0.5, 0.6) is 0 Å². The summed E-state index contributed by atoms with van der Waals surface area (Å²) < 4.78 is 6.44. The van der Waals surface area contributed by atoms with E-state index in [4.69, 9.17) is 10.5 Å². The Hall–Kier alpha value is -2.89. The van der Waals surface area contributed by atoms with Crippen molar-refractivity contribution in [2.75, 3.05) is 12.3 Å². The maximum Gasteiger partial charge on any atom is 0.343 e. The van der Waals surface area contributed by atoms with Crippen LogP contribution in [0.4, 0.5) is 5.82 Å². The molecule has 6 heteroatoms. The second-order valence-corrected chi connectivity index (χ2v) is 4.45. The highest BCUT2D eigenvalue weighted by atomic mass is 16.5. The molecule has 0 bridgehead atoms. The molecule has 2 aromatic heterocycles. The van der Waals surface area contributed by atoms with Gasteiger partial charge in [0.05, 0.1) is 18.5 Å². The molecule has 0 saturated carbocycles. The summed E-state index contributed by atoms with van der Waals surface area (Å²) in [5.41, 5.74) is 8.30. The summed E-state index contributed by atoms with van der Waals surface area (Å²) in [6.07, 6.45) is 1.42. The van der Waals surface area contributed by atoms with Gasteiger partial charge < -0.3 is 10.5 Å². The molecule has 6 nitrogen and oxygen atoms in total. The second-order valence-electron chi connectivity index (χ2n) is 4.45. The number of benzene rings is 1. The topological polar surface area (TPSA) is 82.5 Å². The largest absolute Gasteiger partial charge is 0.462 e. The number of hydrogen-bond donors (Lipinski definition) is 1. The number of nitrogens with zero attached hydrogens (tertiary/aromatic N) is 3. The number of aromatic nitrogens is 3. The van der Waals surface area contributed by atoms with Gasteiger partial charge >= 0.3 is 5.97 Å². The Bertz CT molecular complexity index is 796. The molecule has 2 heterocycles. The number of fused-ring (bicyclic) bond motifs is 1. The van der Waals surface area contributed by atoms with Crippen molar-refractivity contribution in [2.45, 2.75) is 6.92 Å². The molecule has 1 aromatic carbocycles. The Morgan fingerprint density at radius 2 is 2.10 bits per heavy atom. The Kier molecular flexibility index (Phi) is 3.27. The van der Waals surface area contributed by atoms with Gasteiger partial charge in [0.2, 0.25) is 0 Å². The molecule has 0 fully saturated rings. The van der Waals surface area contributed by atoms with Crippen LogP contribution in [0, 0.1) is 0 Å². The number of carbonyl (C=O) groups is 1. The summed E-state index contributed by atoms with van der Waals surface area (Å²) in [6.45, 7) is 2.05. The molecule has 0 aliphatic carbocycles. The average Bonchev–Trinajstić information content (AvgIpc) is 2.93. The molecular weight excluding hydrogens is 268 g/mol. The van der Waals surface area contributed by atoms with Crippen LogP contribution in [0.1, 0.15) is 17.3 Å². The molecule has 0 aliphatic heterocycles. The van der Waals surface area contributed by atoms with Crippen molar-refractivity contribution < 1.29 is 9.53 Å². The first-order valence-corrected chi connectivity index (χ1v) is 6.57. The minimum Gasteiger partial charge on any atom is -0.462 e. The third kappa shape index (κ3) is 2.31. The summed E-state index contributed by atoms with van der Waals surface area (Å²) in [6, 6.07) is 11.3. The van der Waals surface area contributed by atoms with Gasteiger partial charge in [-0.25, -0.2) is 9.78 Å². The third-order valence-corrected chi connectivity index (χ3v) is 3.06. The van der Waals surface area contributed by atoms with E-state index >= 15 is 0 Å². The first-order chi connectivity index (χ1) is 10.2. The normalized spacial score (nSPS) is 10.7. The fraction of sp³-hybridized carbons (Fsp3) is 0.133. The van der Waals surface area contributed by atoms with Crippen LogP contribution < -0.4 is 5.73 Å².